The van der Waals surface area contributed by atoms with Crippen molar-refractivity contribution < 1.29 is 4.39 Å². The molecule has 1 aliphatic heterocycles. The monoisotopic (exact) mass is 252 g/mol. The second kappa shape index (κ2) is 5.54. The molecule has 0 aromatic heterocycles. The number of hydrogen-bond acceptors (Lipinski definition) is 3. The molecule has 1 aliphatic rings. The van der Waals surface area contributed by atoms with E-state index in [0.29, 0.717) is 5.25 Å². The SMILES string of the molecule is CCCC1CN=C(Nc2cc(C)cc(F)c2)S1. The average Bonchev–Trinajstić information content (AvgIpc) is 2.64. The molecule has 17 heavy (non-hydrogen) atoms. The normalized spacial score (nSPS) is 19.2. The van der Waals surface area contributed by atoms with Crippen LogP contribution in [-0.4, -0.2) is 17.0 Å². The maximum absolute atomic E-state index is 13.2. The number of amidine groups is 1. The second-order valence-corrected chi connectivity index (χ2v) is 5.61. The molecule has 1 aromatic carbocycles. The smallest absolute Gasteiger partial charge is 0.161 e. The lowest BCUT2D eigenvalue weighted by molar-refractivity contribution is 0.627. The van der Waals surface area contributed by atoms with Crippen molar-refractivity contribution in [2.45, 2.75) is 31.9 Å². The molecular weight excluding hydrogens is 235 g/mol. The molecule has 0 spiro atoms. The zero-order chi connectivity index (χ0) is 12.3. The number of hydrogen-bond donors (Lipinski definition) is 1. The van der Waals surface area contributed by atoms with Crippen molar-refractivity contribution >= 4 is 22.6 Å². The first-order valence-corrected chi connectivity index (χ1v) is 6.80. The lowest BCUT2D eigenvalue weighted by Crippen LogP contribution is -2.07. The van der Waals surface area contributed by atoms with Crippen molar-refractivity contribution in [3.63, 3.8) is 0 Å². The topological polar surface area (TPSA) is 24.4 Å². The van der Waals surface area contributed by atoms with Crippen LogP contribution in [0.3, 0.4) is 0 Å². The van der Waals surface area contributed by atoms with Crippen LogP contribution in [0.25, 0.3) is 0 Å². The van der Waals surface area contributed by atoms with Gasteiger partial charge in [0, 0.05) is 10.9 Å². The fourth-order valence-electron chi connectivity index (χ4n) is 1.89. The molecule has 2 rings (SSSR count). The maximum Gasteiger partial charge on any atom is 0.161 e. The van der Waals surface area contributed by atoms with Gasteiger partial charge in [0.25, 0.3) is 0 Å². The van der Waals surface area contributed by atoms with Gasteiger partial charge in [-0.25, -0.2) is 4.39 Å². The van der Waals surface area contributed by atoms with E-state index in [1.807, 2.05) is 13.0 Å². The molecule has 0 saturated carbocycles. The van der Waals surface area contributed by atoms with E-state index >= 15 is 0 Å². The standard InChI is InChI=1S/C13H17FN2S/c1-3-4-12-8-15-13(17-12)16-11-6-9(2)5-10(14)7-11/h5-7,12H,3-4,8H2,1-2H3,(H,15,16). The van der Waals surface area contributed by atoms with Gasteiger partial charge in [-0.1, -0.05) is 25.1 Å². The van der Waals surface area contributed by atoms with E-state index < -0.39 is 0 Å². The van der Waals surface area contributed by atoms with Crippen LogP contribution < -0.4 is 5.32 Å². The minimum Gasteiger partial charge on any atom is -0.335 e. The van der Waals surface area contributed by atoms with E-state index in [1.54, 1.807) is 11.8 Å². The molecule has 92 valence electrons. The molecule has 4 heteroatoms. The van der Waals surface area contributed by atoms with Gasteiger partial charge < -0.3 is 5.32 Å². The predicted molar refractivity (Wildman–Crippen MR) is 73.3 cm³/mol. The number of anilines is 1. The van der Waals surface area contributed by atoms with Crippen LogP contribution in [0, 0.1) is 12.7 Å². The highest BCUT2D eigenvalue weighted by molar-refractivity contribution is 8.15. The van der Waals surface area contributed by atoms with Crippen molar-refractivity contribution in [2.75, 3.05) is 11.9 Å². The first-order valence-electron chi connectivity index (χ1n) is 5.92. The van der Waals surface area contributed by atoms with E-state index in [9.17, 15) is 4.39 Å². The van der Waals surface area contributed by atoms with E-state index in [2.05, 4.69) is 17.2 Å². The highest BCUT2D eigenvalue weighted by Crippen LogP contribution is 2.26. The first-order chi connectivity index (χ1) is 8.17. The van der Waals surface area contributed by atoms with Crippen LogP contribution in [0.1, 0.15) is 25.3 Å². The molecule has 1 aromatic rings. The van der Waals surface area contributed by atoms with Crippen molar-refractivity contribution in [1.29, 1.82) is 0 Å². The number of nitrogens with zero attached hydrogens (tertiary/aromatic N) is 1. The lowest BCUT2D eigenvalue weighted by Gasteiger charge is -2.08. The maximum atomic E-state index is 13.2. The molecule has 1 heterocycles. The van der Waals surface area contributed by atoms with Gasteiger partial charge in [0.2, 0.25) is 0 Å². The Morgan fingerprint density at radius 2 is 2.29 bits per heavy atom. The third-order valence-electron chi connectivity index (χ3n) is 2.62. The molecule has 0 fully saturated rings. The molecule has 0 bridgehead atoms. The van der Waals surface area contributed by atoms with E-state index in [-0.39, 0.29) is 5.82 Å². The second-order valence-electron chi connectivity index (χ2n) is 4.32. The minimum absolute atomic E-state index is 0.207. The van der Waals surface area contributed by atoms with Crippen molar-refractivity contribution in [3.05, 3.63) is 29.6 Å². The number of nitrogens with one attached hydrogen (secondary N) is 1. The largest absolute Gasteiger partial charge is 0.335 e. The highest BCUT2D eigenvalue weighted by Gasteiger charge is 2.18. The van der Waals surface area contributed by atoms with Gasteiger partial charge in [-0.3, -0.25) is 4.99 Å². The molecule has 2 nitrogen and oxygen atoms in total. The number of aliphatic imine (C=N–C) groups is 1. The summed E-state index contributed by atoms with van der Waals surface area (Å²) in [7, 11) is 0. The van der Waals surface area contributed by atoms with E-state index in [1.165, 1.54) is 25.0 Å². The van der Waals surface area contributed by atoms with Gasteiger partial charge in [0.15, 0.2) is 5.17 Å². The summed E-state index contributed by atoms with van der Waals surface area (Å²) in [6, 6.07) is 4.96. The molecule has 0 amide bonds. The fraction of sp³-hybridized carbons (Fsp3) is 0.462. The minimum atomic E-state index is -0.207. The van der Waals surface area contributed by atoms with Crippen LogP contribution in [0.5, 0.6) is 0 Å². The van der Waals surface area contributed by atoms with Crippen LogP contribution in [0.2, 0.25) is 0 Å². The Balaban J connectivity index is 1.98. The van der Waals surface area contributed by atoms with Gasteiger partial charge in [-0.15, -0.1) is 0 Å². The number of rotatable bonds is 3. The quantitative estimate of drug-likeness (QED) is 0.884. The number of benzene rings is 1. The van der Waals surface area contributed by atoms with Gasteiger partial charge in [-0.2, -0.15) is 0 Å². The van der Waals surface area contributed by atoms with Crippen LogP contribution in [0.4, 0.5) is 10.1 Å². The summed E-state index contributed by atoms with van der Waals surface area (Å²) in [5.74, 6) is -0.207. The fourth-order valence-corrected chi connectivity index (χ4v) is 3.03. The number of aryl methyl sites for hydroxylation is 1. The zero-order valence-electron chi connectivity index (χ0n) is 10.2. The number of halogens is 1. The predicted octanol–water partition coefficient (Wildman–Crippen LogP) is 3.82. The number of thioether (sulfide) groups is 1. The highest BCUT2D eigenvalue weighted by atomic mass is 32.2. The van der Waals surface area contributed by atoms with Crippen molar-refractivity contribution in [2.24, 2.45) is 4.99 Å². The zero-order valence-corrected chi connectivity index (χ0v) is 11.0. The molecule has 1 N–H and O–H groups in total. The van der Waals surface area contributed by atoms with Gasteiger partial charge in [-0.05, 0) is 37.1 Å². The molecule has 1 atom stereocenters. The molecule has 0 saturated heterocycles. The summed E-state index contributed by atoms with van der Waals surface area (Å²) >= 11 is 1.76. The Hall–Kier alpha value is -1.03. The van der Waals surface area contributed by atoms with Crippen molar-refractivity contribution in [1.82, 2.24) is 0 Å². The Bertz CT molecular complexity index is 411. The summed E-state index contributed by atoms with van der Waals surface area (Å²) in [6.45, 7) is 4.94. The third-order valence-corrected chi connectivity index (χ3v) is 3.79. The summed E-state index contributed by atoms with van der Waals surface area (Å²) < 4.78 is 13.2. The Morgan fingerprint density at radius 1 is 1.47 bits per heavy atom. The van der Waals surface area contributed by atoms with E-state index in [4.69, 9.17) is 0 Å². The molecule has 0 aliphatic carbocycles. The van der Waals surface area contributed by atoms with Crippen molar-refractivity contribution in [3.8, 4) is 0 Å². The summed E-state index contributed by atoms with van der Waals surface area (Å²) in [5.41, 5.74) is 1.70. The molecular formula is C13H17FN2S. The van der Waals surface area contributed by atoms with Gasteiger partial charge >= 0.3 is 0 Å². The molecule has 1 unspecified atom stereocenters. The van der Waals surface area contributed by atoms with Gasteiger partial charge in [0.1, 0.15) is 5.82 Å². The Labute approximate surface area is 106 Å². The lowest BCUT2D eigenvalue weighted by atomic mass is 10.2. The third kappa shape index (κ3) is 3.46. The summed E-state index contributed by atoms with van der Waals surface area (Å²) in [5, 5.41) is 4.68. The van der Waals surface area contributed by atoms with Crippen LogP contribution in [-0.2, 0) is 0 Å². The first kappa shape index (κ1) is 12.4. The van der Waals surface area contributed by atoms with Crippen LogP contribution in [0.15, 0.2) is 23.2 Å². The Morgan fingerprint density at radius 3 is 3.00 bits per heavy atom. The molecule has 0 radical (unpaired) electrons. The van der Waals surface area contributed by atoms with Crippen LogP contribution >= 0.6 is 11.8 Å². The van der Waals surface area contributed by atoms with E-state index in [0.717, 1.165) is 23.0 Å². The summed E-state index contributed by atoms with van der Waals surface area (Å²) in [4.78, 5) is 4.44. The average molecular weight is 252 g/mol. The van der Waals surface area contributed by atoms with Gasteiger partial charge in [0.05, 0.1) is 6.54 Å². The summed E-state index contributed by atoms with van der Waals surface area (Å²) in [6.07, 6.45) is 2.36. The Kier molecular flexibility index (Phi) is 4.05.